The lowest BCUT2D eigenvalue weighted by Crippen LogP contribution is -2.49. The Morgan fingerprint density at radius 2 is 1.61 bits per heavy atom. The van der Waals surface area contributed by atoms with Gasteiger partial charge in [0.15, 0.2) is 0 Å². The Labute approximate surface area is 182 Å². The number of hydrogen-bond donors (Lipinski definition) is 3. The van der Waals surface area contributed by atoms with E-state index in [1.807, 2.05) is 56.3 Å². The van der Waals surface area contributed by atoms with Crippen molar-refractivity contribution in [2.24, 2.45) is 0 Å². The van der Waals surface area contributed by atoms with E-state index in [1.54, 1.807) is 0 Å². The van der Waals surface area contributed by atoms with Crippen LogP contribution < -0.4 is 16.2 Å². The number of ether oxygens (including phenoxy) is 1. The highest BCUT2D eigenvalue weighted by Crippen LogP contribution is 2.18. The quantitative estimate of drug-likeness (QED) is 0.577. The second kappa shape index (κ2) is 10.9. The van der Waals surface area contributed by atoms with Crippen molar-refractivity contribution in [2.45, 2.75) is 38.9 Å². The first kappa shape index (κ1) is 22.7. The third-order valence-electron chi connectivity index (χ3n) is 5.17. The van der Waals surface area contributed by atoms with E-state index in [1.165, 1.54) is 0 Å². The zero-order valence-electron chi connectivity index (χ0n) is 18.0. The molecule has 1 saturated heterocycles. The van der Waals surface area contributed by atoms with Crippen LogP contribution in [-0.4, -0.2) is 61.0 Å². The second-order valence-corrected chi connectivity index (χ2v) is 7.96. The minimum atomic E-state index is -0.478. The van der Waals surface area contributed by atoms with E-state index in [2.05, 4.69) is 21.1 Å². The van der Waals surface area contributed by atoms with Crippen LogP contribution in [0.5, 0.6) is 0 Å². The van der Waals surface area contributed by atoms with Crippen molar-refractivity contribution in [1.29, 1.82) is 0 Å². The van der Waals surface area contributed by atoms with Crippen LogP contribution in [0.3, 0.4) is 0 Å². The maximum absolute atomic E-state index is 12.2. The van der Waals surface area contributed by atoms with Gasteiger partial charge in [-0.15, -0.1) is 0 Å². The van der Waals surface area contributed by atoms with Crippen LogP contribution in [0.15, 0.2) is 42.5 Å². The SMILES string of the molecule is C[C@@H]1CN(CCC(=O)NNC(=O)CNC(=O)Cc2cccc3ccccc23)C[C@H](C)O1. The Balaban J connectivity index is 1.35. The zero-order chi connectivity index (χ0) is 22.2. The molecule has 0 spiro atoms. The molecule has 1 aliphatic rings. The Morgan fingerprint density at radius 1 is 0.935 bits per heavy atom. The molecule has 166 valence electrons. The van der Waals surface area contributed by atoms with Crippen LogP contribution in [-0.2, 0) is 25.5 Å². The summed E-state index contributed by atoms with van der Waals surface area (Å²) in [5, 5.41) is 4.67. The standard InChI is InChI=1S/C23H30N4O4/c1-16-14-27(15-17(2)31-16)11-10-21(28)25-26-23(30)13-24-22(29)12-19-8-5-7-18-6-3-4-9-20(18)19/h3-9,16-17H,10-15H2,1-2H3,(H,24,29)(H,25,28)(H,26,30)/t16-,17+. The molecule has 8 heteroatoms. The van der Waals surface area contributed by atoms with E-state index in [0.29, 0.717) is 6.54 Å². The van der Waals surface area contributed by atoms with E-state index in [4.69, 9.17) is 4.74 Å². The van der Waals surface area contributed by atoms with Crippen molar-refractivity contribution < 1.29 is 19.1 Å². The molecule has 1 fully saturated rings. The largest absolute Gasteiger partial charge is 0.373 e. The lowest BCUT2D eigenvalue weighted by Gasteiger charge is -2.35. The van der Waals surface area contributed by atoms with Crippen LogP contribution in [0.2, 0.25) is 0 Å². The number of amides is 3. The zero-order valence-corrected chi connectivity index (χ0v) is 18.0. The van der Waals surface area contributed by atoms with Gasteiger partial charge in [0, 0.05) is 26.1 Å². The van der Waals surface area contributed by atoms with Gasteiger partial charge >= 0.3 is 0 Å². The van der Waals surface area contributed by atoms with E-state index in [0.717, 1.165) is 29.4 Å². The molecule has 0 unspecified atom stereocenters. The maximum Gasteiger partial charge on any atom is 0.257 e. The summed E-state index contributed by atoms with van der Waals surface area (Å²) in [6.07, 6.45) is 0.734. The molecule has 0 radical (unpaired) electrons. The van der Waals surface area contributed by atoms with Crippen molar-refractivity contribution >= 4 is 28.5 Å². The summed E-state index contributed by atoms with van der Waals surface area (Å²) >= 11 is 0. The third kappa shape index (κ3) is 7.04. The van der Waals surface area contributed by atoms with Crippen LogP contribution in [0.4, 0.5) is 0 Å². The van der Waals surface area contributed by atoms with Crippen LogP contribution >= 0.6 is 0 Å². The fourth-order valence-corrected chi connectivity index (χ4v) is 3.83. The second-order valence-electron chi connectivity index (χ2n) is 7.96. The lowest BCUT2D eigenvalue weighted by molar-refractivity contribution is -0.130. The number of nitrogens with one attached hydrogen (secondary N) is 3. The Kier molecular flexibility index (Phi) is 7.97. The molecule has 3 amide bonds. The molecule has 1 aliphatic heterocycles. The molecule has 31 heavy (non-hydrogen) atoms. The minimum absolute atomic E-state index is 0.143. The van der Waals surface area contributed by atoms with Gasteiger partial charge in [0.1, 0.15) is 0 Å². The highest BCUT2D eigenvalue weighted by Gasteiger charge is 2.22. The summed E-state index contributed by atoms with van der Waals surface area (Å²) in [5.74, 6) is -1.01. The molecule has 0 bridgehead atoms. The molecule has 0 aliphatic carbocycles. The average Bonchev–Trinajstić information content (AvgIpc) is 2.74. The molecule has 0 saturated carbocycles. The molecular formula is C23H30N4O4. The Bertz CT molecular complexity index is 917. The summed E-state index contributed by atoms with van der Waals surface area (Å²) in [6.45, 7) is 5.98. The van der Waals surface area contributed by atoms with Crippen molar-refractivity contribution in [1.82, 2.24) is 21.1 Å². The van der Waals surface area contributed by atoms with E-state index >= 15 is 0 Å². The molecule has 0 aromatic heterocycles. The first-order chi connectivity index (χ1) is 14.9. The molecular weight excluding hydrogens is 396 g/mol. The normalized spacial score (nSPS) is 19.0. The Hall–Kier alpha value is -2.97. The third-order valence-corrected chi connectivity index (χ3v) is 5.17. The van der Waals surface area contributed by atoms with Crippen LogP contribution in [0, 0.1) is 0 Å². The fraction of sp³-hybridized carbons (Fsp3) is 0.435. The summed E-state index contributed by atoms with van der Waals surface area (Å²) in [6, 6.07) is 13.6. The van der Waals surface area contributed by atoms with Gasteiger partial charge in [0.25, 0.3) is 5.91 Å². The number of hydrogen-bond acceptors (Lipinski definition) is 5. The smallest absolute Gasteiger partial charge is 0.257 e. The molecule has 2 atom stereocenters. The summed E-state index contributed by atoms with van der Waals surface area (Å²) < 4.78 is 5.67. The van der Waals surface area contributed by atoms with Crippen molar-refractivity contribution in [3.63, 3.8) is 0 Å². The minimum Gasteiger partial charge on any atom is -0.373 e. The first-order valence-corrected chi connectivity index (χ1v) is 10.6. The van der Waals surface area contributed by atoms with Crippen LogP contribution in [0.1, 0.15) is 25.8 Å². The summed E-state index contributed by atoms with van der Waals surface area (Å²) in [4.78, 5) is 38.3. The number of morpholine rings is 1. The van der Waals surface area contributed by atoms with Gasteiger partial charge in [-0.2, -0.15) is 0 Å². The predicted octanol–water partition coefficient (Wildman–Crippen LogP) is 1.15. The van der Waals surface area contributed by atoms with Gasteiger partial charge in [0.05, 0.1) is 25.2 Å². The van der Waals surface area contributed by atoms with Gasteiger partial charge in [0.2, 0.25) is 11.8 Å². The Morgan fingerprint density at radius 3 is 2.39 bits per heavy atom. The molecule has 1 heterocycles. The average molecular weight is 427 g/mol. The summed E-state index contributed by atoms with van der Waals surface area (Å²) in [5.41, 5.74) is 5.63. The maximum atomic E-state index is 12.2. The molecule has 8 nitrogen and oxygen atoms in total. The van der Waals surface area contributed by atoms with Crippen molar-refractivity contribution in [3.8, 4) is 0 Å². The fourth-order valence-electron chi connectivity index (χ4n) is 3.83. The van der Waals surface area contributed by atoms with Gasteiger partial charge in [-0.1, -0.05) is 42.5 Å². The highest BCUT2D eigenvalue weighted by molar-refractivity contribution is 5.91. The van der Waals surface area contributed by atoms with E-state index in [-0.39, 0.29) is 43.4 Å². The molecule has 3 N–H and O–H groups in total. The predicted molar refractivity (Wildman–Crippen MR) is 118 cm³/mol. The number of nitrogens with zero attached hydrogens (tertiary/aromatic N) is 1. The van der Waals surface area contributed by atoms with Crippen molar-refractivity contribution in [2.75, 3.05) is 26.2 Å². The number of carbonyl (C=O) groups excluding carboxylic acids is 3. The molecule has 3 rings (SSSR count). The van der Waals surface area contributed by atoms with Gasteiger partial charge in [-0.3, -0.25) is 30.1 Å². The first-order valence-electron chi connectivity index (χ1n) is 10.6. The van der Waals surface area contributed by atoms with Gasteiger partial charge in [-0.05, 0) is 30.2 Å². The van der Waals surface area contributed by atoms with Crippen LogP contribution in [0.25, 0.3) is 10.8 Å². The van der Waals surface area contributed by atoms with E-state index < -0.39 is 5.91 Å². The lowest BCUT2D eigenvalue weighted by atomic mass is 10.0. The van der Waals surface area contributed by atoms with E-state index in [9.17, 15) is 14.4 Å². The molecule has 2 aromatic carbocycles. The highest BCUT2D eigenvalue weighted by atomic mass is 16.5. The number of fused-ring (bicyclic) bond motifs is 1. The number of hydrazine groups is 1. The number of carbonyl (C=O) groups is 3. The number of rotatable bonds is 7. The topological polar surface area (TPSA) is 99.8 Å². The monoisotopic (exact) mass is 426 g/mol. The molecule has 2 aromatic rings. The number of benzene rings is 2. The van der Waals surface area contributed by atoms with Gasteiger partial charge < -0.3 is 10.1 Å². The summed E-state index contributed by atoms with van der Waals surface area (Å²) in [7, 11) is 0. The van der Waals surface area contributed by atoms with Gasteiger partial charge in [-0.25, -0.2) is 0 Å². The van der Waals surface area contributed by atoms with Crippen molar-refractivity contribution in [3.05, 3.63) is 48.0 Å².